The zero-order valence-corrected chi connectivity index (χ0v) is 8.54. The molecule has 1 heterocycles. The number of hydrogen-bond donors (Lipinski definition) is 1. The minimum atomic E-state index is 0.0210. The van der Waals surface area contributed by atoms with Crippen molar-refractivity contribution in [3.63, 3.8) is 0 Å². The van der Waals surface area contributed by atoms with Crippen LogP contribution in [0, 0.1) is 0 Å². The second-order valence-corrected chi connectivity index (χ2v) is 4.15. The Morgan fingerprint density at radius 1 is 1.62 bits per heavy atom. The molecule has 1 rings (SSSR count). The molecule has 0 aromatic carbocycles. The average Bonchev–Trinajstić information content (AvgIpc) is 2.50. The van der Waals surface area contributed by atoms with Gasteiger partial charge >= 0.3 is 0 Å². The summed E-state index contributed by atoms with van der Waals surface area (Å²) in [6.45, 7) is 10.7. The summed E-state index contributed by atoms with van der Waals surface area (Å²) in [7, 11) is 0. The van der Waals surface area contributed by atoms with Gasteiger partial charge in [0.2, 0.25) is 0 Å². The largest absolute Gasteiger partial charge is 0.326 e. The van der Waals surface area contributed by atoms with Crippen LogP contribution in [0.3, 0.4) is 0 Å². The third-order valence-corrected chi connectivity index (χ3v) is 1.92. The van der Waals surface area contributed by atoms with Crippen LogP contribution >= 0.6 is 0 Å². The van der Waals surface area contributed by atoms with Crippen LogP contribution in [-0.2, 0) is 5.54 Å². The van der Waals surface area contributed by atoms with Crippen LogP contribution in [0.15, 0.2) is 19.0 Å². The fourth-order valence-electron chi connectivity index (χ4n) is 0.990. The highest BCUT2D eigenvalue weighted by atomic mass is 15.3. The molecule has 0 radical (unpaired) electrons. The molecule has 2 N–H and O–H groups in total. The van der Waals surface area contributed by atoms with E-state index in [2.05, 4.69) is 32.4 Å². The van der Waals surface area contributed by atoms with Gasteiger partial charge in [-0.05, 0) is 26.3 Å². The van der Waals surface area contributed by atoms with Crippen molar-refractivity contribution in [3.8, 4) is 0 Å². The molecule has 0 fully saturated rings. The first-order valence-electron chi connectivity index (χ1n) is 4.38. The standard InChI is InChI=1S/C10H17N3/c1-8(5-11)9-6-12-13(7-9)10(2,3)4/h6-7H,1,5,11H2,2-4H3. The average molecular weight is 179 g/mol. The highest BCUT2D eigenvalue weighted by molar-refractivity contribution is 5.63. The molecule has 0 amide bonds. The summed E-state index contributed by atoms with van der Waals surface area (Å²) in [6.07, 6.45) is 3.79. The fraction of sp³-hybridized carbons (Fsp3) is 0.500. The van der Waals surface area contributed by atoms with E-state index in [0.717, 1.165) is 11.1 Å². The van der Waals surface area contributed by atoms with Crippen LogP contribution in [-0.4, -0.2) is 16.3 Å². The second kappa shape index (κ2) is 3.34. The van der Waals surface area contributed by atoms with Gasteiger partial charge in [0.25, 0.3) is 0 Å². The van der Waals surface area contributed by atoms with E-state index in [1.165, 1.54) is 0 Å². The Morgan fingerprint density at radius 2 is 2.23 bits per heavy atom. The SMILES string of the molecule is C=C(CN)c1cnn(C(C)(C)C)c1. The van der Waals surface area contributed by atoms with Gasteiger partial charge in [-0.3, -0.25) is 4.68 Å². The Hall–Kier alpha value is -1.09. The Balaban J connectivity index is 2.93. The highest BCUT2D eigenvalue weighted by Gasteiger charge is 2.14. The number of hydrogen-bond acceptors (Lipinski definition) is 2. The van der Waals surface area contributed by atoms with E-state index in [4.69, 9.17) is 5.73 Å². The van der Waals surface area contributed by atoms with Crippen molar-refractivity contribution < 1.29 is 0 Å². The van der Waals surface area contributed by atoms with Gasteiger partial charge in [0.1, 0.15) is 0 Å². The van der Waals surface area contributed by atoms with Gasteiger partial charge in [-0.25, -0.2) is 0 Å². The Labute approximate surface area is 79.2 Å². The first-order valence-corrected chi connectivity index (χ1v) is 4.38. The van der Waals surface area contributed by atoms with Crippen LogP contribution in [0.4, 0.5) is 0 Å². The molecule has 13 heavy (non-hydrogen) atoms. The second-order valence-electron chi connectivity index (χ2n) is 4.15. The first-order chi connectivity index (χ1) is 5.95. The van der Waals surface area contributed by atoms with E-state index in [0.29, 0.717) is 6.54 Å². The zero-order chi connectivity index (χ0) is 10.1. The third-order valence-electron chi connectivity index (χ3n) is 1.92. The Kier molecular flexibility index (Phi) is 2.57. The lowest BCUT2D eigenvalue weighted by Gasteiger charge is -2.18. The topological polar surface area (TPSA) is 43.8 Å². The molecule has 0 bridgehead atoms. The summed E-state index contributed by atoms with van der Waals surface area (Å²) in [5.74, 6) is 0. The number of rotatable bonds is 2. The van der Waals surface area contributed by atoms with Crippen molar-refractivity contribution in [3.05, 3.63) is 24.5 Å². The van der Waals surface area contributed by atoms with Crippen molar-refractivity contribution in [2.24, 2.45) is 5.73 Å². The molecule has 72 valence electrons. The normalized spacial score (nSPS) is 11.7. The Bertz CT molecular complexity index is 304. The van der Waals surface area contributed by atoms with Gasteiger partial charge in [-0.15, -0.1) is 0 Å². The van der Waals surface area contributed by atoms with Gasteiger partial charge in [-0.2, -0.15) is 5.10 Å². The predicted molar refractivity (Wildman–Crippen MR) is 55.3 cm³/mol. The van der Waals surface area contributed by atoms with E-state index in [1.54, 1.807) is 6.20 Å². The lowest BCUT2D eigenvalue weighted by molar-refractivity contribution is 0.355. The van der Waals surface area contributed by atoms with Crippen molar-refractivity contribution in [1.82, 2.24) is 9.78 Å². The van der Waals surface area contributed by atoms with Crippen LogP contribution in [0.5, 0.6) is 0 Å². The van der Waals surface area contributed by atoms with E-state index < -0.39 is 0 Å². The maximum atomic E-state index is 5.49. The third kappa shape index (κ3) is 2.18. The quantitative estimate of drug-likeness (QED) is 0.749. The molecule has 0 aliphatic rings. The molecule has 0 spiro atoms. The molecular formula is C10H17N3. The summed E-state index contributed by atoms with van der Waals surface area (Å²) >= 11 is 0. The zero-order valence-electron chi connectivity index (χ0n) is 8.54. The van der Waals surface area contributed by atoms with Crippen LogP contribution < -0.4 is 5.73 Å². The summed E-state index contributed by atoms with van der Waals surface area (Å²) in [4.78, 5) is 0. The summed E-state index contributed by atoms with van der Waals surface area (Å²) in [5, 5.41) is 4.26. The molecule has 0 aliphatic carbocycles. The molecular weight excluding hydrogens is 162 g/mol. The van der Waals surface area contributed by atoms with E-state index >= 15 is 0 Å². The monoisotopic (exact) mass is 179 g/mol. The van der Waals surface area contributed by atoms with Gasteiger partial charge < -0.3 is 5.73 Å². The fourth-order valence-corrected chi connectivity index (χ4v) is 0.990. The van der Waals surface area contributed by atoms with E-state index in [-0.39, 0.29) is 5.54 Å². The van der Waals surface area contributed by atoms with Gasteiger partial charge in [0.05, 0.1) is 11.7 Å². The molecule has 3 heteroatoms. The van der Waals surface area contributed by atoms with Crippen LogP contribution in [0.25, 0.3) is 5.57 Å². The lowest BCUT2D eigenvalue weighted by Crippen LogP contribution is -2.21. The maximum absolute atomic E-state index is 5.49. The molecule has 0 saturated carbocycles. The van der Waals surface area contributed by atoms with Crippen molar-refractivity contribution >= 4 is 5.57 Å². The van der Waals surface area contributed by atoms with Crippen molar-refractivity contribution in [2.75, 3.05) is 6.54 Å². The highest BCUT2D eigenvalue weighted by Crippen LogP contribution is 2.16. The van der Waals surface area contributed by atoms with E-state index in [1.807, 2.05) is 10.9 Å². The smallest absolute Gasteiger partial charge is 0.0565 e. The molecule has 3 nitrogen and oxygen atoms in total. The first kappa shape index (κ1) is 9.99. The van der Waals surface area contributed by atoms with E-state index in [9.17, 15) is 0 Å². The maximum Gasteiger partial charge on any atom is 0.0565 e. The van der Waals surface area contributed by atoms with Gasteiger partial charge in [-0.1, -0.05) is 6.58 Å². The molecule has 0 saturated heterocycles. The van der Waals surface area contributed by atoms with Crippen LogP contribution in [0.1, 0.15) is 26.3 Å². The minimum Gasteiger partial charge on any atom is -0.326 e. The van der Waals surface area contributed by atoms with Gasteiger partial charge in [0.15, 0.2) is 0 Å². The Morgan fingerprint density at radius 3 is 2.62 bits per heavy atom. The van der Waals surface area contributed by atoms with Gasteiger partial charge in [0, 0.05) is 18.3 Å². The summed E-state index contributed by atoms with van der Waals surface area (Å²) in [5.41, 5.74) is 7.46. The lowest BCUT2D eigenvalue weighted by atomic mass is 10.1. The predicted octanol–water partition coefficient (Wildman–Crippen LogP) is 1.61. The molecule has 0 atom stereocenters. The molecule has 1 aromatic rings. The number of nitrogens with two attached hydrogens (primary N) is 1. The summed E-state index contributed by atoms with van der Waals surface area (Å²) in [6, 6.07) is 0. The minimum absolute atomic E-state index is 0.0210. The summed E-state index contributed by atoms with van der Waals surface area (Å²) < 4.78 is 1.92. The van der Waals surface area contributed by atoms with Crippen molar-refractivity contribution in [1.29, 1.82) is 0 Å². The molecule has 1 aromatic heterocycles. The van der Waals surface area contributed by atoms with Crippen LogP contribution in [0.2, 0.25) is 0 Å². The number of aromatic nitrogens is 2. The molecule has 0 aliphatic heterocycles. The number of nitrogens with zero attached hydrogens (tertiary/aromatic N) is 2. The van der Waals surface area contributed by atoms with Crippen molar-refractivity contribution in [2.45, 2.75) is 26.3 Å². The molecule has 0 unspecified atom stereocenters.